The predicted octanol–water partition coefficient (Wildman–Crippen LogP) is 5.97. The second-order valence-electron chi connectivity index (χ2n) is 4.76. The summed E-state index contributed by atoms with van der Waals surface area (Å²) in [5.41, 5.74) is 6.42. The Morgan fingerprint density at radius 1 is 0.500 bits per heavy atom. The van der Waals surface area contributed by atoms with Gasteiger partial charge in [-0.3, -0.25) is 0 Å². The molecular weight excluding hydrogens is 240 g/mol. The van der Waals surface area contributed by atoms with Gasteiger partial charge in [0.05, 0.1) is 0 Å². The number of aryl methyl sites for hydroxylation is 1. The van der Waals surface area contributed by atoms with Crippen LogP contribution in [0.25, 0.3) is 22.3 Å². The van der Waals surface area contributed by atoms with Gasteiger partial charge < -0.3 is 0 Å². The number of hydrogen-bond acceptors (Lipinski definition) is 0. The summed E-state index contributed by atoms with van der Waals surface area (Å²) in [6, 6.07) is 27.8. The maximum absolute atomic E-state index is 2.20. The number of rotatable bonds is 2. The molecule has 0 fully saturated rings. The third-order valence-corrected chi connectivity index (χ3v) is 3.45. The van der Waals surface area contributed by atoms with Crippen LogP contribution in [0.2, 0.25) is 0 Å². The lowest BCUT2D eigenvalue weighted by atomic mass is 9.98. The summed E-state index contributed by atoms with van der Waals surface area (Å²) in [6.07, 6.45) is 0. The summed E-state index contributed by atoms with van der Waals surface area (Å²) in [6.45, 7) is 2.15. The first-order valence-electron chi connectivity index (χ1n) is 6.56. The highest BCUT2D eigenvalue weighted by molar-refractivity contribution is 5.72. The van der Waals surface area contributed by atoms with E-state index in [0.29, 0.717) is 0 Å². The first-order chi connectivity index (χ1) is 9.34. The molecule has 0 nitrogen and oxygen atoms in total. The van der Waals surface area contributed by atoms with Crippen LogP contribution in [0, 0.1) is 6.92 Å². The maximum Gasteiger partial charge on any atom is -0.0155 e. The second kappa shape index (κ2) is 6.21. The van der Waals surface area contributed by atoms with E-state index in [0.717, 1.165) is 0 Å². The third kappa shape index (κ3) is 2.80. The Labute approximate surface area is 121 Å². The van der Waals surface area contributed by atoms with E-state index < -0.39 is 0 Å². The Bertz CT molecular complexity index is 664. The average Bonchev–Trinajstić information content (AvgIpc) is 2.49. The van der Waals surface area contributed by atoms with Crippen molar-refractivity contribution in [3.63, 3.8) is 0 Å². The maximum atomic E-state index is 2.20. The minimum absolute atomic E-state index is 0. The third-order valence-electron chi connectivity index (χ3n) is 3.45. The van der Waals surface area contributed by atoms with Crippen molar-refractivity contribution in [1.29, 1.82) is 0 Å². The topological polar surface area (TPSA) is 0 Å². The van der Waals surface area contributed by atoms with Gasteiger partial charge in [0, 0.05) is 0 Å². The summed E-state index contributed by atoms with van der Waals surface area (Å²) < 4.78 is 0. The zero-order valence-electron chi connectivity index (χ0n) is 11.0. The molecular formula is C20H20. The number of hydrogen-bond donors (Lipinski definition) is 0. The molecule has 0 N–H and O–H groups in total. The Morgan fingerprint density at radius 3 is 1.65 bits per heavy atom. The Balaban J connectivity index is 0.00000147. The van der Waals surface area contributed by atoms with Gasteiger partial charge in [0.1, 0.15) is 0 Å². The highest BCUT2D eigenvalue weighted by atomic mass is 14.1. The van der Waals surface area contributed by atoms with Crippen molar-refractivity contribution >= 4 is 0 Å². The molecule has 0 spiro atoms. The molecule has 0 radical (unpaired) electrons. The second-order valence-corrected chi connectivity index (χ2v) is 4.76. The van der Waals surface area contributed by atoms with E-state index >= 15 is 0 Å². The molecule has 3 aromatic rings. The molecule has 0 amide bonds. The Kier molecular flexibility index (Phi) is 4.37. The highest BCUT2D eigenvalue weighted by Crippen LogP contribution is 2.26. The molecule has 0 aromatic heterocycles. The van der Waals surface area contributed by atoms with E-state index in [2.05, 4.69) is 79.7 Å². The molecule has 0 unspecified atom stereocenters. The van der Waals surface area contributed by atoms with Crippen molar-refractivity contribution in [3.8, 4) is 22.3 Å². The van der Waals surface area contributed by atoms with Crippen LogP contribution in [0.3, 0.4) is 0 Å². The van der Waals surface area contributed by atoms with Gasteiger partial charge in [-0.25, -0.2) is 0 Å². The van der Waals surface area contributed by atoms with Crippen LogP contribution in [0.1, 0.15) is 13.0 Å². The summed E-state index contributed by atoms with van der Waals surface area (Å²) in [4.78, 5) is 0. The van der Waals surface area contributed by atoms with Crippen molar-refractivity contribution < 1.29 is 0 Å². The molecule has 0 bridgehead atoms. The van der Waals surface area contributed by atoms with E-state index in [-0.39, 0.29) is 7.43 Å². The van der Waals surface area contributed by atoms with Gasteiger partial charge in [0.15, 0.2) is 0 Å². The van der Waals surface area contributed by atoms with Crippen LogP contribution in [0.4, 0.5) is 0 Å². The highest BCUT2D eigenvalue weighted by Gasteiger charge is 2.01. The SMILES string of the molecule is C.Cc1ccccc1-c1ccc(-c2ccccc2)cc1. The van der Waals surface area contributed by atoms with Crippen LogP contribution in [-0.4, -0.2) is 0 Å². The van der Waals surface area contributed by atoms with Crippen molar-refractivity contribution in [3.05, 3.63) is 84.4 Å². The minimum atomic E-state index is 0. The monoisotopic (exact) mass is 260 g/mol. The summed E-state index contributed by atoms with van der Waals surface area (Å²) >= 11 is 0. The van der Waals surface area contributed by atoms with E-state index in [4.69, 9.17) is 0 Å². The normalized spacial score (nSPS) is 9.85. The Morgan fingerprint density at radius 2 is 1.00 bits per heavy atom. The van der Waals surface area contributed by atoms with Gasteiger partial charge in [-0.15, -0.1) is 0 Å². The Hall–Kier alpha value is -2.34. The zero-order chi connectivity index (χ0) is 13.1. The first-order valence-corrected chi connectivity index (χ1v) is 6.56. The quantitative estimate of drug-likeness (QED) is 0.533. The van der Waals surface area contributed by atoms with E-state index in [1.54, 1.807) is 0 Å². The fourth-order valence-corrected chi connectivity index (χ4v) is 2.37. The molecule has 0 heteroatoms. The van der Waals surface area contributed by atoms with Crippen LogP contribution >= 0.6 is 0 Å². The van der Waals surface area contributed by atoms with Gasteiger partial charge in [0.25, 0.3) is 0 Å². The average molecular weight is 260 g/mol. The van der Waals surface area contributed by atoms with Crippen LogP contribution in [0.15, 0.2) is 78.9 Å². The molecule has 3 rings (SSSR count). The van der Waals surface area contributed by atoms with Crippen molar-refractivity contribution in [2.24, 2.45) is 0 Å². The largest absolute Gasteiger partial charge is 0.0776 e. The van der Waals surface area contributed by atoms with Gasteiger partial charge in [0.2, 0.25) is 0 Å². The fourth-order valence-electron chi connectivity index (χ4n) is 2.37. The first kappa shape index (κ1) is 14.1. The standard InChI is InChI=1S/C19H16.CH4/c1-15-7-5-6-10-19(15)18-13-11-17(12-14-18)16-8-3-2-4-9-16;/h2-14H,1H3;1H4. The van der Waals surface area contributed by atoms with Crippen molar-refractivity contribution in [1.82, 2.24) is 0 Å². The smallest absolute Gasteiger partial charge is 0.0155 e. The molecule has 0 heterocycles. The molecule has 0 aliphatic heterocycles. The van der Waals surface area contributed by atoms with Gasteiger partial charge in [-0.2, -0.15) is 0 Å². The van der Waals surface area contributed by atoms with Crippen molar-refractivity contribution in [2.75, 3.05) is 0 Å². The predicted molar refractivity (Wildman–Crippen MR) is 88.8 cm³/mol. The van der Waals surface area contributed by atoms with Crippen LogP contribution in [0.5, 0.6) is 0 Å². The molecule has 0 atom stereocenters. The summed E-state index contributed by atoms with van der Waals surface area (Å²) in [5.74, 6) is 0. The lowest BCUT2D eigenvalue weighted by Crippen LogP contribution is -1.83. The zero-order valence-corrected chi connectivity index (χ0v) is 11.0. The molecule has 100 valence electrons. The molecule has 3 aromatic carbocycles. The number of benzene rings is 3. The molecule has 0 aliphatic rings. The minimum Gasteiger partial charge on any atom is -0.0776 e. The van der Waals surface area contributed by atoms with E-state index in [1.807, 2.05) is 6.07 Å². The fraction of sp³-hybridized carbons (Fsp3) is 0.100. The molecule has 20 heavy (non-hydrogen) atoms. The molecule has 0 saturated heterocycles. The van der Waals surface area contributed by atoms with Gasteiger partial charge in [-0.05, 0) is 34.7 Å². The van der Waals surface area contributed by atoms with Crippen LogP contribution in [-0.2, 0) is 0 Å². The summed E-state index contributed by atoms with van der Waals surface area (Å²) in [5, 5.41) is 0. The van der Waals surface area contributed by atoms with Gasteiger partial charge in [-0.1, -0.05) is 86.3 Å². The molecule has 0 aliphatic carbocycles. The van der Waals surface area contributed by atoms with Crippen LogP contribution < -0.4 is 0 Å². The lowest BCUT2D eigenvalue weighted by Gasteiger charge is -2.07. The summed E-state index contributed by atoms with van der Waals surface area (Å²) in [7, 11) is 0. The van der Waals surface area contributed by atoms with E-state index in [9.17, 15) is 0 Å². The van der Waals surface area contributed by atoms with Gasteiger partial charge >= 0.3 is 0 Å². The van der Waals surface area contributed by atoms with Crippen molar-refractivity contribution in [2.45, 2.75) is 14.4 Å². The molecule has 0 saturated carbocycles. The lowest BCUT2D eigenvalue weighted by molar-refractivity contribution is 1.46. The van der Waals surface area contributed by atoms with E-state index in [1.165, 1.54) is 27.8 Å².